The van der Waals surface area contributed by atoms with Crippen LogP contribution in [0.2, 0.25) is 5.02 Å². The van der Waals surface area contributed by atoms with Crippen molar-refractivity contribution in [2.45, 2.75) is 37.8 Å². The Morgan fingerprint density at radius 1 is 1.33 bits per heavy atom. The van der Waals surface area contributed by atoms with E-state index >= 15 is 0 Å². The topological polar surface area (TPSA) is 71.0 Å². The quantitative estimate of drug-likeness (QED) is 0.762. The molecule has 2 aliphatic rings. The fourth-order valence-electron chi connectivity index (χ4n) is 4.29. The molecule has 1 amide bonds. The van der Waals surface area contributed by atoms with Crippen LogP contribution >= 0.6 is 11.6 Å². The molecule has 0 bridgehead atoms. The molecule has 2 aliphatic heterocycles. The zero-order valence-corrected chi connectivity index (χ0v) is 18.0. The van der Waals surface area contributed by atoms with E-state index in [0.29, 0.717) is 18.6 Å². The van der Waals surface area contributed by atoms with E-state index in [1.807, 2.05) is 24.3 Å². The van der Waals surface area contributed by atoms with Gasteiger partial charge in [-0.15, -0.1) is 0 Å². The fraction of sp³-hybridized carbons (Fsp3) is 0.435. The number of amides is 1. The molecular weight excluding hydrogens is 404 g/mol. The lowest BCUT2D eigenvalue weighted by Gasteiger charge is -2.46. The summed E-state index contributed by atoms with van der Waals surface area (Å²) in [6, 6.07) is 10.7. The summed E-state index contributed by atoms with van der Waals surface area (Å²) in [4.78, 5) is 15.4. The number of halogens is 1. The van der Waals surface area contributed by atoms with Crippen molar-refractivity contribution in [2.24, 2.45) is 0 Å². The molecule has 1 saturated heterocycles. The minimum Gasteiger partial charge on any atom is -0.503 e. The Morgan fingerprint density at radius 3 is 2.80 bits per heavy atom. The second-order valence-electron chi connectivity index (χ2n) is 8.09. The number of nitrogens with zero attached hydrogens (tertiary/aromatic N) is 1. The lowest BCUT2D eigenvalue weighted by Crippen LogP contribution is -2.51. The molecule has 7 heteroatoms. The van der Waals surface area contributed by atoms with Crippen LogP contribution < -0.4 is 14.8 Å². The summed E-state index contributed by atoms with van der Waals surface area (Å²) in [6.07, 6.45) is 2.56. The molecule has 0 saturated carbocycles. The van der Waals surface area contributed by atoms with Crippen molar-refractivity contribution in [3.63, 3.8) is 0 Å². The van der Waals surface area contributed by atoms with Crippen LogP contribution in [-0.4, -0.2) is 48.3 Å². The van der Waals surface area contributed by atoms with Gasteiger partial charge < -0.3 is 24.8 Å². The highest BCUT2D eigenvalue weighted by molar-refractivity contribution is 6.32. The normalized spacial score (nSPS) is 20.3. The van der Waals surface area contributed by atoms with Crippen molar-refractivity contribution in [1.82, 2.24) is 10.2 Å². The van der Waals surface area contributed by atoms with Gasteiger partial charge in [-0.1, -0.05) is 29.8 Å². The molecular formula is C23H27ClN2O4. The predicted octanol–water partition coefficient (Wildman–Crippen LogP) is 4.16. The van der Waals surface area contributed by atoms with Gasteiger partial charge in [-0.3, -0.25) is 4.79 Å². The van der Waals surface area contributed by atoms with Gasteiger partial charge in [-0.05, 0) is 45.0 Å². The molecule has 0 aromatic heterocycles. The zero-order chi connectivity index (χ0) is 21.3. The molecule has 2 N–H and O–H groups in total. The van der Waals surface area contributed by atoms with E-state index in [0.717, 1.165) is 37.2 Å². The minimum atomic E-state index is -0.276. The van der Waals surface area contributed by atoms with E-state index in [9.17, 15) is 9.90 Å². The van der Waals surface area contributed by atoms with Crippen molar-refractivity contribution < 1.29 is 19.4 Å². The lowest BCUT2D eigenvalue weighted by atomic mass is 9.80. The molecule has 0 radical (unpaired) electrons. The van der Waals surface area contributed by atoms with E-state index in [2.05, 4.69) is 17.3 Å². The highest BCUT2D eigenvalue weighted by Gasteiger charge is 2.43. The number of piperidine rings is 1. The molecule has 1 atom stereocenters. The highest BCUT2D eigenvalue weighted by Crippen LogP contribution is 2.44. The molecule has 2 aromatic carbocycles. The SMILES string of the molecule is CCOc1cc(C(=O)NC2CC3(CCN(C)CC3)Oc3ccccc32)cc(Cl)c1O. The van der Waals surface area contributed by atoms with E-state index in [1.165, 1.54) is 12.1 Å². The third kappa shape index (κ3) is 4.07. The van der Waals surface area contributed by atoms with Crippen LogP contribution in [0.4, 0.5) is 0 Å². The van der Waals surface area contributed by atoms with Gasteiger partial charge in [0, 0.05) is 30.6 Å². The van der Waals surface area contributed by atoms with Crippen molar-refractivity contribution in [1.29, 1.82) is 0 Å². The molecule has 6 nitrogen and oxygen atoms in total. The van der Waals surface area contributed by atoms with Gasteiger partial charge in [0.25, 0.3) is 5.91 Å². The second-order valence-corrected chi connectivity index (χ2v) is 8.50. The molecule has 0 aliphatic carbocycles. The van der Waals surface area contributed by atoms with Gasteiger partial charge in [0.2, 0.25) is 0 Å². The number of phenols is 1. The van der Waals surface area contributed by atoms with Crippen molar-refractivity contribution in [3.8, 4) is 17.2 Å². The van der Waals surface area contributed by atoms with Crippen LogP contribution in [0.25, 0.3) is 0 Å². The number of likely N-dealkylation sites (tertiary alicyclic amines) is 1. The maximum Gasteiger partial charge on any atom is 0.251 e. The maximum atomic E-state index is 13.1. The minimum absolute atomic E-state index is 0.0882. The van der Waals surface area contributed by atoms with Gasteiger partial charge in [0.05, 0.1) is 17.7 Å². The Labute approximate surface area is 181 Å². The number of ether oxygens (including phenoxy) is 2. The number of nitrogens with one attached hydrogen (secondary N) is 1. The molecule has 1 fully saturated rings. The average molecular weight is 431 g/mol. The molecule has 30 heavy (non-hydrogen) atoms. The Hall–Kier alpha value is -2.44. The number of carbonyl (C=O) groups is 1. The van der Waals surface area contributed by atoms with Crippen LogP contribution in [0, 0.1) is 0 Å². The maximum absolute atomic E-state index is 13.1. The number of benzene rings is 2. The molecule has 2 heterocycles. The van der Waals surface area contributed by atoms with Gasteiger partial charge in [-0.2, -0.15) is 0 Å². The number of hydrogen-bond donors (Lipinski definition) is 2. The third-order valence-electron chi connectivity index (χ3n) is 5.99. The van der Waals surface area contributed by atoms with Crippen LogP contribution in [0.5, 0.6) is 17.2 Å². The summed E-state index contributed by atoms with van der Waals surface area (Å²) in [5.74, 6) is 0.617. The first-order valence-corrected chi connectivity index (χ1v) is 10.7. The molecule has 1 spiro atoms. The van der Waals surface area contributed by atoms with E-state index in [-0.39, 0.29) is 34.1 Å². The van der Waals surface area contributed by atoms with Crippen LogP contribution in [-0.2, 0) is 0 Å². The first-order chi connectivity index (χ1) is 14.4. The summed E-state index contributed by atoms with van der Waals surface area (Å²) in [6.45, 7) is 4.10. The molecule has 2 aromatic rings. The van der Waals surface area contributed by atoms with Crippen molar-refractivity contribution in [2.75, 3.05) is 26.7 Å². The fourth-order valence-corrected chi connectivity index (χ4v) is 4.50. The van der Waals surface area contributed by atoms with Crippen LogP contribution in [0.1, 0.15) is 48.1 Å². The standard InChI is InChI=1S/C23H27ClN2O4/c1-3-29-20-13-15(12-17(24)21(20)27)22(28)25-18-14-23(8-10-26(2)11-9-23)30-19-7-5-4-6-16(18)19/h4-7,12-13,18,27H,3,8-11,14H2,1-2H3,(H,25,28). The van der Waals surface area contributed by atoms with Gasteiger partial charge in [-0.25, -0.2) is 0 Å². The summed E-state index contributed by atoms with van der Waals surface area (Å²) in [7, 11) is 2.12. The number of hydrogen-bond acceptors (Lipinski definition) is 5. The summed E-state index contributed by atoms with van der Waals surface area (Å²) in [5, 5.41) is 13.3. The zero-order valence-electron chi connectivity index (χ0n) is 17.3. The Bertz CT molecular complexity index is 941. The number of rotatable bonds is 4. The Kier molecular flexibility index (Phi) is 5.80. The van der Waals surface area contributed by atoms with Gasteiger partial charge in [0.1, 0.15) is 11.4 Å². The molecule has 4 rings (SSSR count). The van der Waals surface area contributed by atoms with Crippen molar-refractivity contribution in [3.05, 3.63) is 52.5 Å². The summed E-state index contributed by atoms with van der Waals surface area (Å²) >= 11 is 6.12. The third-order valence-corrected chi connectivity index (χ3v) is 6.28. The monoisotopic (exact) mass is 430 g/mol. The predicted molar refractivity (Wildman–Crippen MR) is 116 cm³/mol. The van der Waals surface area contributed by atoms with Crippen LogP contribution in [0.3, 0.4) is 0 Å². The second kappa shape index (κ2) is 8.36. The summed E-state index contributed by atoms with van der Waals surface area (Å²) in [5.41, 5.74) is 1.05. The highest BCUT2D eigenvalue weighted by atomic mass is 35.5. The lowest BCUT2D eigenvalue weighted by molar-refractivity contribution is -0.0195. The smallest absolute Gasteiger partial charge is 0.251 e. The molecule has 1 unspecified atom stereocenters. The first-order valence-electron chi connectivity index (χ1n) is 10.3. The summed E-state index contributed by atoms with van der Waals surface area (Å²) < 4.78 is 11.9. The number of carbonyl (C=O) groups excluding carboxylic acids is 1. The number of phenolic OH excluding ortho intramolecular Hbond substituents is 1. The number of aromatic hydroxyl groups is 1. The molecule has 160 valence electrons. The Morgan fingerprint density at radius 2 is 2.07 bits per heavy atom. The van der Waals surface area contributed by atoms with E-state index < -0.39 is 0 Å². The van der Waals surface area contributed by atoms with Gasteiger partial charge >= 0.3 is 0 Å². The van der Waals surface area contributed by atoms with Crippen LogP contribution in [0.15, 0.2) is 36.4 Å². The van der Waals surface area contributed by atoms with Crippen molar-refractivity contribution >= 4 is 17.5 Å². The first kappa shape index (κ1) is 20.8. The van der Waals surface area contributed by atoms with Gasteiger partial charge in [0.15, 0.2) is 11.5 Å². The van der Waals surface area contributed by atoms with E-state index in [4.69, 9.17) is 21.1 Å². The largest absolute Gasteiger partial charge is 0.503 e. The average Bonchev–Trinajstić information content (AvgIpc) is 2.73. The van der Waals surface area contributed by atoms with E-state index in [1.54, 1.807) is 6.92 Å². The number of para-hydroxylation sites is 1. The Balaban J connectivity index is 1.61. The number of fused-ring (bicyclic) bond motifs is 1.